The Morgan fingerprint density at radius 2 is 2.00 bits per heavy atom. The molecule has 13 heavy (non-hydrogen) atoms. The molecule has 0 heterocycles. The van der Waals surface area contributed by atoms with Gasteiger partial charge in [0, 0.05) is 0 Å². The van der Waals surface area contributed by atoms with E-state index in [0.29, 0.717) is 0 Å². The zero-order valence-electron chi connectivity index (χ0n) is 6.77. The van der Waals surface area contributed by atoms with Gasteiger partial charge in [-0.1, -0.05) is 0 Å². The van der Waals surface area contributed by atoms with E-state index in [0.717, 1.165) is 25.3 Å². The van der Waals surface area contributed by atoms with E-state index in [2.05, 4.69) is 4.18 Å². The van der Waals surface area contributed by atoms with Crippen molar-refractivity contribution in [2.75, 3.05) is 7.11 Å². The Morgan fingerprint density at radius 3 is 2.46 bits per heavy atom. The molecule has 70 valence electrons. The molecule has 0 fully saturated rings. The molecule has 0 unspecified atom stereocenters. The second-order valence-electron chi connectivity index (χ2n) is 2.28. The van der Waals surface area contributed by atoms with Gasteiger partial charge in [-0.2, -0.15) is 8.42 Å². The van der Waals surface area contributed by atoms with Crippen LogP contribution in [0, 0.1) is 5.41 Å². The lowest BCUT2D eigenvalue weighted by Gasteiger charge is -2.05. The molecule has 0 aromatic rings. The van der Waals surface area contributed by atoms with E-state index < -0.39 is 15.9 Å². The maximum absolute atomic E-state index is 11.1. The molecular formula is C7H7NO4S. The van der Waals surface area contributed by atoms with Gasteiger partial charge in [0.05, 0.1) is 12.0 Å². The number of carbonyl (C=O) groups excluding carboxylic acids is 1. The Balaban J connectivity index is 3.13. The maximum Gasteiger partial charge on any atom is 0.296 e. The molecule has 1 rings (SSSR count). The molecule has 0 aromatic heterocycles. The minimum atomic E-state index is -3.80. The summed E-state index contributed by atoms with van der Waals surface area (Å²) in [4.78, 5) is 10.6. The van der Waals surface area contributed by atoms with Crippen molar-refractivity contribution in [2.24, 2.45) is 0 Å². The number of ketones is 1. The summed E-state index contributed by atoms with van der Waals surface area (Å²) in [5.74, 6) is -0.518. The molecule has 1 aliphatic rings. The van der Waals surface area contributed by atoms with E-state index in [1.54, 1.807) is 0 Å². The molecular weight excluding hydrogens is 194 g/mol. The molecule has 0 atom stereocenters. The van der Waals surface area contributed by atoms with Gasteiger partial charge >= 0.3 is 0 Å². The first-order valence-electron chi connectivity index (χ1n) is 3.30. The second-order valence-corrected chi connectivity index (χ2v) is 3.99. The molecule has 0 aliphatic heterocycles. The summed E-state index contributed by atoms with van der Waals surface area (Å²) < 4.78 is 26.3. The Kier molecular flexibility index (Phi) is 2.44. The van der Waals surface area contributed by atoms with E-state index in [9.17, 15) is 13.2 Å². The Labute approximate surface area is 75.3 Å². The van der Waals surface area contributed by atoms with Crippen LogP contribution in [0.3, 0.4) is 0 Å². The van der Waals surface area contributed by atoms with Gasteiger partial charge in [-0.25, -0.2) is 0 Å². The molecule has 0 saturated heterocycles. The predicted octanol–water partition coefficient (Wildman–Crippen LogP) is 0.00517. The zero-order valence-corrected chi connectivity index (χ0v) is 7.59. The van der Waals surface area contributed by atoms with Crippen molar-refractivity contribution in [3.05, 3.63) is 23.1 Å². The monoisotopic (exact) mass is 201 g/mol. The van der Waals surface area contributed by atoms with Gasteiger partial charge in [0.15, 0.2) is 0 Å². The normalized spacial score (nSPS) is 17.5. The summed E-state index contributed by atoms with van der Waals surface area (Å²) in [5, 5.41) is 7.08. The lowest BCUT2D eigenvalue weighted by molar-refractivity contribution is -0.108. The van der Waals surface area contributed by atoms with Crippen molar-refractivity contribution in [1.29, 1.82) is 5.41 Å². The van der Waals surface area contributed by atoms with Gasteiger partial charge in [-0.3, -0.25) is 14.4 Å². The van der Waals surface area contributed by atoms with Crippen LogP contribution in [0.5, 0.6) is 0 Å². The number of allylic oxidation sites excluding steroid dienone is 3. The minimum absolute atomic E-state index is 0.181. The van der Waals surface area contributed by atoms with Crippen molar-refractivity contribution in [3.63, 3.8) is 0 Å². The quantitative estimate of drug-likeness (QED) is 0.503. The molecule has 0 amide bonds. The fourth-order valence-electron chi connectivity index (χ4n) is 0.761. The van der Waals surface area contributed by atoms with Crippen molar-refractivity contribution in [3.8, 4) is 0 Å². The number of carbonyl (C=O) groups is 1. The van der Waals surface area contributed by atoms with Gasteiger partial charge in [0.25, 0.3) is 10.1 Å². The van der Waals surface area contributed by atoms with Crippen LogP contribution in [0.2, 0.25) is 0 Å². The lowest BCUT2D eigenvalue weighted by atomic mass is 10.1. The minimum Gasteiger partial charge on any atom is -0.297 e. The van der Waals surface area contributed by atoms with Gasteiger partial charge < -0.3 is 0 Å². The smallest absolute Gasteiger partial charge is 0.296 e. The van der Waals surface area contributed by atoms with Crippen molar-refractivity contribution in [2.45, 2.75) is 0 Å². The molecule has 5 nitrogen and oxygen atoms in total. The molecule has 1 aliphatic carbocycles. The van der Waals surface area contributed by atoms with Gasteiger partial charge in [0.2, 0.25) is 5.78 Å². The number of rotatable bonds is 2. The van der Waals surface area contributed by atoms with E-state index in [1.807, 2.05) is 0 Å². The molecule has 0 bridgehead atoms. The predicted molar refractivity (Wildman–Crippen MR) is 45.9 cm³/mol. The average Bonchev–Trinajstić information content (AvgIpc) is 2.09. The number of hydrogen-bond donors (Lipinski definition) is 1. The molecule has 6 heteroatoms. The van der Waals surface area contributed by atoms with E-state index in [1.165, 1.54) is 0 Å². The summed E-state index contributed by atoms with van der Waals surface area (Å²) in [6, 6.07) is 0. The fourth-order valence-corrected chi connectivity index (χ4v) is 1.45. The Morgan fingerprint density at radius 1 is 1.38 bits per heavy atom. The largest absolute Gasteiger partial charge is 0.297 e. The van der Waals surface area contributed by atoms with Crippen LogP contribution in [0.25, 0.3) is 0 Å². The number of nitrogens with one attached hydrogen (secondary N) is 1. The third-order valence-corrected chi connectivity index (χ3v) is 2.73. The molecule has 0 aromatic carbocycles. The summed E-state index contributed by atoms with van der Waals surface area (Å²) in [6.45, 7) is 0. The summed E-state index contributed by atoms with van der Waals surface area (Å²) in [5.41, 5.74) is -0.363. The van der Waals surface area contributed by atoms with E-state index >= 15 is 0 Å². The highest BCUT2D eigenvalue weighted by Gasteiger charge is 2.19. The van der Waals surface area contributed by atoms with Crippen LogP contribution in [0.1, 0.15) is 0 Å². The van der Waals surface area contributed by atoms with Gasteiger partial charge in [0.1, 0.15) is 5.71 Å². The second kappa shape index (κ2) is 3.23. The topological polar surface area (TPSA) is 84.3 Å². The van der Waals surface area contributed by atoms with Crippen LogP contribution in [-0.4, -0.2) is 27.0 Å². The first kappa shape index (κ1) is 9.82. The Hall–Kier alpha value is -1.27. The van der Waals surface area contributed by atoms with Crippen LogP contribution in [0.15, 0.2) is 23.1 Å². The third kappa shape index (κ3) is 1.90. The van der Waals surface area contributed by atoms with Gasteiger partial charge in [-0.15, -0.1) is 0 Å². The standard InChI is InChI=1S/C7H7NO4S/c1-12-13(10,11)5-2-3-7(9)6(8)4-5/h2-4,8H,1H3. The molecule has 0 saturated carbocycles. The van der Waals surface area contributed by atoms with Crippen LogP contribution < -0.4 is 0 Å². The molecule has 0 radical (unpaired) electrons. The summed E-state index contributed by atoms with van der Waals surface area (Å²) in [7, 11) is -2.78. The van der Waals surface area contributed by atoms with Crippen LogP contribution >= 0.6 is 0 Å². The van der Waals surface area contributed by atoms with Crippen molar-refractivity contribution in [1.82, 2.24) is 0 Å². The SMILES string of the molecule is COS(=O)(=O)C1=CC(=N)C(=O)C=C1. The summed E-state index contributed by atoms with van der Waals surface area (Å²) >= 11 is 0. The Bertz CT molecular complexity index is 416. The highest BCUT2D eigenvalue weighted by atomic mass is 32.2. The third-order valence-electron chi connectivity index (χ3n) is 1.46. The molecule has 1 N–H and O–H groups in total. The average molecular weight is 201 g/mol. The van der Waals surface area contributed by atoms with Gasteiger partial charge in [-0.05, 0) is 18.2 Å². The molecule has 0 spiro atoms. The highest BCUT2D eigenvalue weighted by molar-refractivity contribution is 7.91. The van der Waals surface area contributed by atoms with Crippen LogP contribution in [-0.2, 0) is 19.1 Å². The van der Waals surface area contributed by atoms with Crippen molar-refractivity contribution < 1.29 is 17.4 Å². The first-order valence-corrected chi connectivity index (χ1v) is 4.71. The fraction of sp³-hybridized carbons (Fsp3) is 0.143. The zero-order chi connectivity index (χ0) is 10.1. The van der Waals surface area contributed by atoms with Crippen molar-refractivity contribution >= 4 is 21.6 Å². The maximum atomic E-state index is 11.1. The van der Waals surface area contributed by atoms with E-state index in [-0.39, 0.29) is 10.6 Å². The highest BCUT2D eigenvalue weighted by Crippen LogP contribution is 2.13. The number of hydrogen-bond acceptors (Lipinski definition) is 5. The van der Waals surface area contributed by atoms with E-state index in [4.69, 9.17) is 5.41 Å². The summed E-state index contributed by atoms with van der Waals surface area (Å²) in [6.07, 6.45) is 3.09. The lowest BCUT2D eigenvalue weighted by Crippen LogP contribution is -2.15. The first-order chi connectivity index (χ1) is 5.97. The van der Waals surface area contributed by atoms with Crippen LogP contribution in [0.4, 0.5) is 0 Å².